The molecular weight excluding hydrogens is 729 g/mol. The quantitative estimate of drug-likeness (QED) is 0.152. The minimum absolute atomic E-state index is 0.0289. The van der Waals surface area contributed by atoms with E-state index in [1.165, 1.54) is 18.0 Å². The van der Waals surface area contributed by atoms with Crippen molar-refractivity contribution in [2.75, 3.05) is 20.7 Å². The third-order valence-electron chi connectivity index (χ3n) is 11.5. The number of urea groups is 1. The molecule has 2 heterocycles. The van der Waals surface area contributed by atoms with E-state index in [4.69, 9.17) is 14.5 Å². The smallest absolute Gasteiger partial charge is 0.330 e. The molecule has 14 heteroatoms. The van der Waals surface area contributed by atoms with Crippen molar-refractivity contribution in [1.29, 1.82) is 0 Å². The van der Waals surface area contributed by atoms with Gasteiger partial charge in [-0.15, -0.1) is 6.58 Å². The number of carbonyl (C=O) groups is 5. The van der Waals surface area contributed by atoms with Crippen molar-refractivity contribution in [2.45, 2.75) is 95.5 Å². The van der Waals surface area contributed by atoms with Gasteiger partial charge in [0.05, 0.1) is 24.9 Å². The van der Waals surface area contributed by atoms with E-state index in [2.05, 4.69) is 27.8 Å². The Morgan fingerprint density at radius 2 is 1.72 bits per heavy atom. The number of amides is 5. The molecule has 14 nitrogen and oxygen atoms in total. The normalized spacial score (nSPS) is 23.1. The first-order chi connectivity index (χ1) is 27.2. The second-order valence-electron chi connectivity index (χ2n) is 16.5. The van der Waals surface area contributed by atoms with E-state index in [0.29, 0.717) is 28.1 Å². The number of aliphatic carboxylic acids is 1. The SMILES string of the molecule is C=C[C@@H]1C[C@]1(NC(=O)[C@@H]1C[C@@H](Oc2cc(-c3ccccc3)nc3cc(OC)ccc23)CN1C(=O)NC(C(=O)N[C@H](C(=O)NC)C1CCCCC1)C(C)(C)C)C(=O)O. The maximum Gasteiger partial charge on any atom is 0.330 e. The van der Waals surface area contributed by atoms with E-state index < -0.39 is 64.9 Å². The Labute approximate surface area is 333 Å². The number of nitrogens with zero attached hydrogens (tertiary/aromatic N) is 2. The number of methoxy groups -OCH3 is 1. The van der Waals surface area contributed by atoms with E-state index in [0.717, 1.165) is 37.7 Å². The molecule has 57 heavy (non-hydrogen) atoms. The van der Waals surface area contributed by atoms with Crippen molar-refractivity contribution in [2.24, 2.45) is 17.3 Å². The van der Waals surface area contributed by atoms with Gasteiger partial charge in [0.15, 0.2) is 0 Å². The summed E-state index contributed by atoms with van der Waals surface area (Å²) < 4.78 is 12.1. The van der Waals surface area contributed by atoms with E-state index in [1.54, 1.807) is 40.0 Å². The third-order valence-corrected chi connectivity index (χ3v) is 11.5. The number of likely N-dealkylation sites (N-methyl/N-ethyl adjacent to an activating group) is 1. The highest BCUT2D eigenvalue weighted by atomic mass is 16.5. The van der Waals surface area contributed by atoms with Crippen LogP contribution < -0.4 is 30.7 Å². The number of rotatable bonds is 13. The molecule has 0 radical (unpaired) electrons. The summed E-state index contributed by atoms with van der Waals surface area (Å²) in [7, 11) is 3.10. The van der Waals surface area contributed by atoms with E-state index in [9.17, 15) is 29.1 Å². The van der Waals surface area contributed by atoms with Crippen molar-refractivity contribution < 1.29 is 38.6 Å². The lowest BCUT2D eigenvalue weighted by molar-refractivity contribution is -0.144. The highest BCUT2D eigenvalue weighted by Gasteiger charge is 2.61. The zero-order chi connectivity index (χ0) is 41.1. The summed E-state index contributed by atoms with van der Waals surface area (Å²) in [6.07, 6.45) is 5.58. The lowest BCUT2D eigenvalue weighted by Gasteiger charge is -2.36. The van der Waals surface area contributed by atoms with Gasteiger partial charge >= 0.3 is 12.0 Å². The van der Waals surface area contributed by atoms with Gasteiger partial charge in [0.25, 0.3) is 0 Å². The fourth-order valence-corrected chi connectivity index (χ4v) is 8.15. The third kappa shape index (κ3) is 8.84. The molecule has 5 N–H and O–H groups in total. The molecule has 6 rings (SSSR count). The number of likely N-dealkylation sites (tertiary alicyclic amines) is 1. The Morgan fingerprint density at radius 3 is 2.33 bits per heavy atom. The molecule has 1 aromatic heterocycles. The summed E-state index contributed by atoms with van der Waals surface area (Å²) in [5.74, 6) is -2.11. The summed E-state index contributed by atoms with van der Waals surface area (Å²) in [5.41, 5.74) is -0.237. The van der Waals surface area contributed by atoms with Crippen molar-refractivity contribution in [3.63, 3.8) is 0 Å². The molecule has 304 valence electrons. The summed E-state index contributed by atoms with van der Waals surface area (Å²) in [6, 6.07) is 13.1. The molecule has 5 amide bonds. The summed E-state index contributed by atoms with van der Waals surface area (Å²) in [6.45, 7) is 9.08. The number of ether oxygens (including phenoxy) is 2. The zero-order valence-corrected chi connectivity index (χ0v) is 33.3. The highest BCUT2D eigenvalue weighted by Crippen LogP contribution is 2.45. The number of hydrogen-bond donors (Lipinski definition) is 5. The Balaban J connectivity index is 1.30. The predicted molar refractivity (Wildman–Crippen MR) is 214 cm³/mol. The van der Waals surface area contributed by atoms with Crippen LogP contribution in [0.15, 0.2) is 67.3 Å². The van der Waals surface area contributed by atoms with Gasteiger partial charge in [0, 0.05) is 42.5 Å². The van der Waals surface area contributed by atoms with E-state index in [1.807, 2.05) is 42.5 Å². The van der Waals surface area contributed by atoms with Gasteiger partial charge in [-0.25, -0.2) is 14.6 Å². The number of carboxylic acids is 1. The Morgan fingerprint density at radius 1 is 1.00 bits per heavy atom. The monoisotopic (exact) mass is 782 g/mol. The van der Waals surface area contributed by atoms with Crippen LogP contribution >= 0.6 is 0 Å². The van der Waals surface area contributed by atoms with Crippen LogP contribution in [0.3, 0.4) is 0 Å². The lowest BCUT2D eigenvalue weighted by Crippen LogP contribution is -2.62. The van der Waals surface area contributed by atoms with Crippen LogP contribution in [-0.2, 0) is 19.2 Å². The Bertz CT molecular complexity index is 2010. The highest BCUT2D eigenvalue weighted by molar-refractivity contribution is 5.96. The van der Waals surface area contributed by atoms with Crippen molar-refractivity contribution in [1.82, 2.24) is 31.2 Å². The Hall–Kier alpha value is -5.66. The van der Waals surface area contributed by atoms with Crippen LogP contribution in [0.4, 0.5) is 4.79 Å². The van der Waals surface area contributed by atoms with Crippen LogP contribution in [0.5, 0.6) is 11.5 Å². The topological polar surface area (TPSA) is 188 Å². The minimum atomic E-state index is -1.54. The molecule has 3 aromatic rings. The molecule has 0 spiro atoms. The molecule has 3 fully saturated rings. The van der Waals surface area contributed by atoms with Crippen LogP contribution in [0.2, 0.25) is 0 Å². The van der Waals surface area contributed by atoms with Gasteiger partial charge in [-0.2, -0.15) is 0 Å². The maximum absolute atomic E-state index is 14.4. The summed E-state index contributed by atoms with van der Waals surface area (Å²) in [5, 5.41) is 22.0. The molecule has 6 atom stereocenters. The van der Waals surface area contributed by atoms with Gasteiger partial charge in [-0.3, -0.25) is 14.4 Å². The predicted octanol–water partition coefficient (Wildman–Crippen LogP) is 4.81. The van der Waals surface area contributed by atoms with Gasteiger partial charge in [0.2, 0.25) is 17.7 Å². The second-order valence-corrected chi connectivity index (χ2v) is 16.5. The van der Waals surface area contributed by atoms with Gasteiger partial charge in [-0.1, -0.05) is 76.4 Å². The number of hydrogen-bond acceptors (Lipinski definition) is 8. The van der Waals surface area contributed by atoms with Gasteiger partial charge in [-0.05, 0) is 42.7 Å². The van der Waals surface area contributed by atoms with E-state index >= 15 is 0 Å². The number of nitrogens with one attached hydrogen (secondary N) is 4. The van der Waals surface area contributed by atoms with Gasteiger partial charge in [0.1, 0.15) is 41.3 Å². The number of benzene rings is 2. The zero-order valence-electron chi connectivity index (χ0n) is 33.3. The van der Waals surface area contributed by atoms with Crippen molar-refractivity contribution in [3.8, 4) is 22.8 Å². The van der Waals surface area contributed by atoms with Crippen LogP contribution in [-0.4, -0.2) is 95.2 Å². The van der Waals surface area contributed by atoms with Crippen molar-refractivity contribution in [3.05, 3.63) is 67.3 Å². The van der Waals surface area contributed by atoms with E-state index in [-0.39, 0.29) is 31.2 Å². The number of carbonyl (C=O) groups excluding carboxylic acids is 4. The standard InChI is InChI=1S/C43H54N6O8/c1-7-27-23-43(27,40(53)54)48-37(50)33-21-29(57-34-22-31(25-14-10-8-11-15-25)45-32-20-28(56-6)18-19-30(32)34)24-49(33)41(55)47-36(42(2,3)4)39(52)46-35(38(51)44-5)26-16-12-9-13-17-26/h7-8,10-11,14-15,18-20,22,26-27,29,33,35-36H,1,9,12-13,16-17,21,23-24H2,2-6H3,(H,44,51)(H,46,52)(H,47,55)(H,48,50)(H,53,54)/t27-,29-,33+,35+,36?,43-/m1/s1. The molecular formula is C43H54N6O8. The summed E-state index contributed by atoms with van der Waals surface area (Å²) in [4.78, 5) is 74.2. The Kier molecular flexibility index (Phi) is 12.1. The molecule has 2 aliphatic carbocycles. The number of carboxylic acid groups (broad SMARTS) is 1. The molecule has 1 saturated heterocycles. The fraction of sp³-hybridized carbons (Fsp3) is 0.488. The van der Waals surface area contributed by atoms with Crippen LogP contribution in [0.25, 0.3) is 22.2 Å². The average molecular weight is 783 g/mol. The first-order valence-electron chi connectivity index (χ1n) is 19.7. The molecule has 3 aliphatic rings. The van der Waals surface area contributed by atoms with Crippen LogP contribution in [0.1, 0.15) is 65.7 Å². The number of pyridine rings is 1. The maximum atomic E-state index is 14.4. The molecule has 2 aromatic carbocycles. The van der Waals surface area contributed by atoms with Gasteiger partial charge < -0.3 is 40.7 Å². The molecule has 0 bridgehead atoms. The number of aromatic nitrogens is 1. The molecule has 2 saturated carbocycles. The first-order valence-corrected chi connectivity index (χ1v) is 19.7. The molecule has 1 aliphatic heterocycles. The summed E-state index contributed by atoms with van der Waals surface area (Å²) >= 11 is 0. The fourth-order valence-electron chi connectivity index (χ4n) is 8.15. The van der Waals surface area contributed by atoms with Crippen molar-refractivity contribution >= 4 is 40.6 Å². The average Bonchev–Trinajstić information content (AvgIpc) is 3.77. The second kappa shape index (κ2) is 16.8. The lowest BCUT2D eigenvalue weighted by atomic mass is 9.82. The largest absolute Gasteiger partial charge is 0.497 e. The number of fused-ring (bicyclic) bond motifs is 1. The minimum Gasteiger partial charge on any atom is -0.497 e. The first kappa shape index (κ1) is 41.0. The molecule has 1 unspecified atom stereocenters. The van der Waals surface area contributed by atoms with Crippen LogP contribution in [0, 0.1) is 17.3 Å².